The first kappa shape index (κ1) is 19.7. The molecular weight excluding hydrogens is 385 g/mol. The predicted octanol–water partition coefficient (Wildman–Crippen LogP) is 4.56. The molecule has 0 spiro atoms. The highest BCUT2D eigenvalue weighted by Gasteiger charge is 2.32. The van der Waals surface area contributed by atoms with Gasteiger partial charge in [0.25, 0.3) is 0 Å². The van der Waals surface area contributed by atoms with Crippen molar-refractivity contribution in [3.8, 4) is 0 Å². The fourth-order valence-corrected chi connectivity index (χ4v) is 4.49. The molecule has 0 aliphatic carbocycles. The summed E-state index contributed by atoms with van der Waals surface area (Å²) in [6.07, 6.45) is 0. The van der Waals surface area contributed by atoms with Gasteiger partial charge < -0.3 is 4.55 Å². The van der Waals surface area contributed by atoms with Crippen LogP contribution in [0.5, 0.6) is 0 Å². The quantitative estimate of drug-likeness (QED) is 0.564. The van der Waals surface area contributed by atoms with Gasteiger partial charge >= 0.3 is 0 Å². The fourth-order valence-electron chi connectivity index (χ4n) is 3.89. The number of likely N-dealkylation sites (tertiary alicyclic amines) is 1. The molecule has 3 aromatic carbocycles. The number of nitrogens with zero attached hydrogens (tertiary/aromatic N) is 1. The maximum absolute atomic E-state index is 13.7. The van der Waals surface area contributed by atoms with Crippen LogP contribution >= 0.6 is 0 Å². The van der Waals surface area contributed by atoms with Crippen molar-refractivity contribution in [3.05, 3.63) is 113 Å². The number of hydrogen-bond donors (Lipinski definition) is 0. The highest BCUT2D eigenvalue weighted by molar-refractivity contribution is 7.79. The Morgan fingerprint density at radius 1 is 0.931 bits per heavy atom. The third-order valence-electron chi connectivity index (χ3n) is 5.25. The zero-order chi connectivity index (χ0) is 20.2. The molecule has 0 N–H and O–H groups in total. The van der Waals surface area contributed by atoms with Gasteiger partial charge in [0, 0.05) is 18.8 Å². The van der Waals surface area contributed by atoms with E-state index in [0.717, 1.165) is 5.57 Å². The fraction of sp³-hybridized carbons (Fsp3) is 0.167. The van der Waals surface area contributed by atoms with Crippen molar-refractivity contribution in [2.24, 2.45) is 0 Å². The molecule has 1 aliphatic heterocycles. The molecule has 0 radical (unpaired) electrons. The second-order valence-electron chi connectivity index (χ2n) is 7.17. The van der Waals surface area contributed by atoms with Crippen LogP contribution < -0.4 is 0 Å². The molecule has 0 aromatic heterocycles. The molecule has 0 saturated carbocycles. The van der Waals surface area contributed by atoms with Gasteiger partial charge in [0.1, 0.15) is 5.82 Å². The molecule has 3 nitrogen and oxygen atoms in total. The maximum atomic E-state index is 13.7. The molecule has 148 valence electrons. The summed E-state index contributed by atoms with van der Waals surface area (Å²) < 4.78 is 36.6. The van der Waals surface area contributed by atoms with Gasteiger partial charge in [0.2, 0.25) is 0 Å². The van der Waals surface area contributed by atoms with Crippen LogP contribution in [0.1, 0.15) is 22.7 Å². The van der Waals surface area contributed by atoms with Crippen molar-refractivity contribution in [2.45, 2.75) is 6.04 Å². The average Bonchev–Trinajstić information content (AvgIpc) is 2.70. The molecule has 4 rings (SSSR count). The summed E-state index contributed by atoms with van der Waals surface area (Å²) >= 11 is -2.23. The van der Waals surface area contributed by atoms with E-state index in [2.05, 4.69) is 29.2 Å². The van der Waals surface area contributed by atoms with Crippen molar-refractivity contribution < 1.29 is 13.2 Å². The third-order valence-corrected chi connectivity index (χ3v) is 5.77. The average molecular weight is 407 g/mol. The van der Waals surface area contributed by atoms with Crippen molar-refractivity contribution in [2.75, 3.05) is 18.8 Å². The van der Waals surface area contributed by atoms with Gasteiger partial charge in [-0.2, -0.15) is 0 Å². The van der Waals surface area contributed by atoms with Gasteiger partial charge in [0.15, 0.2) is 0 Å². The van der Waals surface area contributed by atoms with E-state index in [1.165, 1.54) is 23.3 Å². The van der Waals surface area contributed by atoms with Crippen LogP contribution in [0.4, 0.5) is 4.39 Å². The second kappa shape index (κ2) is 8.82. The summed E-state index contributed by atoms with van der Waals surface area (Å²) in [6, 6.07) is 26.8. The lowest BCUT2D eigenvalue weighted by atomic mass is 9.90. The van der Waals surface area contributed by atoms with Crippen LogP contribution in [0.2, 0.25) is 0 Å². The van der Waals surface area contributed by atoms with Crippen LogP contribution in [0.15, 0.2) is 90.5 Å². The van der Waals surface area contributed by atoms with Gasteiger partial charge in [-0.25, -0.2) is 4.39 Å². The van der Waals surface area contributed by atoms with E-state index in [4.69, 9.17) is 0 Å². The first-order chi connectivity index (χ1) is 14.1. The Morgan fingerprint density at radius 3 is 2.03 bits per heavy atom. The lowest BCUT2D eigenvalue weighted by molar-refractivity contribution is 0.202. The zero-order valence-corrected chi connectivity index (χ0v) is 16.6. The van der Waals surface area contributed by atoms with E-state index in [1.807, 2.05) is 36.4 Å². The lowest BCUT2D eigenvalue weighted by Crippen LogP contribution is -2.44. The molecule has 29 heavy (non-hydrogen) atoms. The van der Waals surface area contributed by atoms with Gasteiger partial charge in [0.05, 0.1) is 6.04 Å². The monoisotopic (exact) mass is 406 g/mol. The van der Waals surface area contributed by atoms with Crippen molar-refractivity contribution in [3.63, 3.8) is 0 Å². The van der Waals surface area contributed by atoms with Crippen molar-refractivity contribution >= 4 is 16.7 Å². The molecule has 1 fully saturated rings. The van der Waals surface area contributed by atoms with E-state index < -0.39 is 11.1 Å². The second-order valence-corrected chi connectivity index (χ2v) is 8.07. The summed E-state index contributed by atoms with van der Waals surface area (Å²) in [5.41, 5.74) is 4.76. The molecule has 1 aliphatic rings. The molecule has 1 atom stereocenters. The summed E-state index contributed by atoms with van der Waals surface area (Å²) in [5, 5.41) is 0. The molecule has 0 amide bonds. The first-order valence-electron chi connectivity index (χ1n) is 9.48. The van der Waals surface area contributed by atoms with E-state index in [-0.39, 0.29) is 17.6 Å². The molecule has 1 heterocycles. The van der Waals surface area contributed by atoms with Crippen molar-refractivity contribution in [1.82, 2.24) is 4.90 Å². The largest absolute Gasteiger partial charge is 0.772 e. The minimum atomic E-state index is -2.23. The Balaban J connectivity index is 1.66. The van der Waals surface area contributed by atoms with E-state index in [9.17, 15) is 13.2 Å². The smallest absolute Gasteiger partial charge is 0.123 e. The van der Waals surface area contributed by atoms with Crippen LogP contribution in [0.25, 0.3) is 5.57 Å². The number of benzene rings is 3. The van der Waals surface area contributed by atoms with Crippen LogP contribution in [-0.2, 0) is 11.1 Å². The van der Waals surface area contributed by atoms with Gasteiger partial charge in [-0.15, -0.1) is 0 Å². The van der Waals surface area contributed by atoms with E-state index >= 15 is 0 Å². The minimum absolute atomic E-state index is 0.0904. The van der Waals surface area contributed by atoms with Crippen LogP contribution in [-0.4, -0.2) is 32.5 Å². The molecule has 3 aromatic rings. The molecule has 1 unspecified atom stereocenters. The summed E-state index contributed by atoms with van der Waals surface area (Å²) in [6.45, 7) is 1.30. The van der Waals surface area contributed by atoms with Gasteiger partial charge in [-0.05, 0) is 40.0 Å². The Labute approximate surface area is 172 Å². The highest BCUT2D eigenvalue weighted by Crippen LogP contribution is 2.36. The van der Waals surface area contributed by atoms with E-state index in [0.29, 0.717) is 24.2 Å². The van der Waals surface area contributed by atoms with Crippen molar-refractivity contribution in [1.29, 1.82) is 0 Å². The van der Waals surface area contributed by atoms with E-state index in [1.54, 1.807) is 12.1 Å². The molecule has 1 saturated heterocycles. The Kier molecular flexibility index (Phi) is 6.00. The lowest BCUT2D eigenvalue weighted by Gasteiger charge is -2.42. The van der Waals surface area contributed by atoms with Gasteiger partial charge in [-0.3, -0.25) is 9.11 Å². The molecule has 0 bridgehead atoms. The minimum Gasteiger partial charge on any atom is -0.772 e. The number of hydrogen-bond acceptors (Lipinski definition) is 3. The summed E-state index contributed by atoms with van der Waals surface area (Å²) in [4.78, 5) is 2.31. The summed E-state index contributed by atoms with van der Waals surface area (Å²) in [7, 11) is 0. The maximum Gasteiger partial charge on any atom is 0.123 e. The SMILES string of the molecule is O=S([O-])CC(=C1CN(C(c2ccccc2)c2ccccc2)C1)c1cccc(F)c1. The summed E-state index contributed by atoms with van der Waals surface area (Å²) in [5.74, 6) is -0.464. The number of halogens is 1. The standard InChI is InChI=1S/C24H22FNO2S/c25-22-13-7-12-20(14-22)23(17-29(27)28)21-15-26(16-21)24(18-8-3-1-4-9-18)19-10-5-2-6-11-19/h1-14,24H,15-17H2,(H,27,28)/p-1. The first-order valence-corrected chi connectivity index (χ1v) is 10.7. The Morgan fingerprint density at radius 2 is 1.52 bits per heavy atom. The third kappa shape index (κ3) is 4.53. The van der Waals surface area contributed by atoms with Crippen LogP contribution in [0.3, 0.4) is 0 Å². The normalized spacial score (nSPS) is 15.2. The molecule has 5 heteroatoms. The Hall–Kier alpha value is -2.60. The Bertz CT molecular complexity index is 990. The zero-order valence-electron chi connectivity index (χ0n) is 15.8. The molecular formula is C24H21FNO2S-. The van der Waals surface area contributed by atoms with Gasteiger partial charge in [-0.1, -0.05) is 83.9 Å². The predicted molar refractivity (Wildman–Crippen MR) is 113 cm³/mol. The topological polar surface area (TPSA) is 43.4 Å². The highest BCUT2D eigenvalue weighted by atomic mass is 32.2. The number of rotatable bonds is 6. The van der Waals surface area contributed by atoms with Crippen LogP contribution in [0, 0.1) is 5.82 Å².